The Morgan fingerprint density at radius 3 is 2.82 bits per heavy atom. The summed E-state index contributed by atoms with van der Waals surface area (Å²) in [5, 5.41) is 6.63. The third-order valence-corrected chi connectivity index (χ3v) is 4.41. The summed E-state index contributed by atoms with van der Waals surface area (Å²) in [5.74, 6) is 0. The van der Waals surface area contributed by atoms with E-state index in [1.165, 1.54) is 0 Å². The predicted molar refractivity (Wildman–Crippen MR) is 82.5 cm³/mol. The van der Waals surface area contributed by atoms with E-state index < -0.39 is 0 Å². The molecule has 0 aliphatic rings. The molecule has 0 radical (unpaired) electrons. The van der Waals surface area contributed by atoms with Gasteiger partial charge < -0.3 is 11.1 Å². The minimum absolute atomic E-state index is 0.214. The molecule has 0 saturated carbocycles. The molecule has 90 valence electrons. The van der Waals surface area contributed by atoms with Gasteiger partial charge >= 0.3 is 0 Å². The van der Waals surface area contributed by atoms with Gasteiger partial charge in [0.1, 0.15) is 5.01 Å². The summed E-state index contributed by atoms with van der Waals surface area (Å²) in [4.78, 5) is 4.48. The van der Waals surface area contributed by atoms with E-state index in [-0.39, 0.29) is 6.04 Å². The molecule has 17 heavy (non-hydrogen) atoms. The lowest BCUT2D eigenvalue weighted by atomic mass is 10.2. The van der Waals surface area contributed by atoms with E-state index in [1.807, 2.05) is 25.1 Å². The number of nitrogens with one attached hydrogen (secondary N) is 1. The number of nitrogens with zero attached hydrogens (tertiary/aromatic N) is 1. The summed E-state index contributed by atoms with van der Waals surface area (Å²) >= 11 is 3.97. The zero-order chi connectivity index (χ0) is 12.4. The molecule has 1 atom stereocenters. The predicted octanol–water partition coefficient (Wildman–Crippen LogP) is 3.81. The number of rotatable bonds is 3. The first-order valence-electron chi connectivity index (χ1n) is 5.30. The van der Waals surface area contributed by atoms with Crippen LogP contribution in [0.2, 0.25) is 0 Å². The Hall–Kier alpha value is -0.820. The van der Waals surface area contributed by atoms with Gasteiger partial charge in [-0.2, -0.15) is 0 Å². The highest BCUT2D eigenvalue weighted by Crippen LogP contribution is 2.26. The second-order valence-electron chi connectivity index (χ2n) is 3.93. The van der Waals surface area contributed by atoms with Crippen LogP contribution in [0.5, 0.6) is 0 Å². The maximum Gasteiger partial charge on any atom is 0.115 e. The van der Waals surface area contributed by atoms with Crippen LogP contribution in [0.3, 0.4) is 0 Å². The van der Waals surface area contributed by atoms with Crippen LogP contribution < -0.4 is 11.1 Å². The van der Waals surface area contributed by atoms with Crippen LogP contribution in [-0.2, 0) is 0 Å². The molecule has 2 rings (SSSR count). The van der Waals surface area contributed by atoms with Gasteiger partial charge in [-0.25, -0.2) is 4.98 Å². The van der Waals surface area contributed by atoms with Crippen LogP contribution in [0.15, 0.2) is 23.6 Å². The third kappa shape index (κ3) is 3.10. The van der Waals surface area contributed by atoms with Crippen molar-refractivity contribution in [1.82, 2.24) is 4.98 Å². The zero-order valence-corrected chi connectivity index (χ0v) is 12.7. The van der Waals surface area contributed by atoms with Crippen molar-refractivity contribution >= 4 is 45.3 Å². The Morgan fingerprint density at radius 1 is 1.47 bits per heavy atom. The molecule has 0 saturated heterocycles. The molecule has 0 spiro atoms. The van der Waals surface area contributed by atoms with E-state index in [0.717, 1.165) is 25.6 Å². The molecule has 2 aromatic rings. The van der Waals surface area contributed by atoms with Crippen LogP contribution in [-0.4, -0.2) is 4.98 Å². The minimum Gasteiger partial charge on any atom is -0.399 e. The van der Waals surface area contributed by atoms with Crippen molar-refractivity contribution in [3.05, 3.63) is 37.9 Å². The molecule has 5 heteroatoms. The largest absolute Gasteiger partial charge is 0.399 e. The standard InChI is InChI=1S/C12H14IN3S/c1-7-6-17-12(15-7)8(2)16-11-4-3-9(14)5-10(11)13/h3-6,8,16H,14H2,1-2H3. The number of nitrogens with two attached hydrogens (primary N) is 1. The molecule has 0 amide bonds. The molecule has 0 fully saturated rings. The van der Waals surface area contributed by atoms with E-state index in [1.54, 1.807) is 11.3 Å². The van der Waals surface area contributed by atoms with Gasteiger partial charge in [0.05, 0.1) is 6.04 Å². The van der Waals surface area contributed by atoms with Gasteiger partial charge in [0.2, 0.25) is 0 Å². The number of aryl methyl sites for hydroxylation is 1. The quantitative estimate of drug-likeness (QED) is 0.647. The fourth-order valence-corrected chi connectivity index (χ4v) is 3.01. The summed E-state index contributed by atoms with van der Waals surface area (Å²) < 4.78 is 1.13. The number of thiazole rings is 1. The lowest BCUT2D eigenvalue weighted by Gasteiger charge is -2.14. The number of anilines is 2. The van der Waals surface area contributed by atoms with Crippen molar-refractivity contribution in [1.29, 1.82) is 0 Å². The second-order valence-corrected chi connectivity index (χ2v) is 5.98. The second kappa shape index (κ2) is 5.22. The maximum absolute atomic E-state index is 5.73. The first-order valence-corrected chi connectivity index (χ1v) is 7.25. The molecule has 0 aliphatic heterocycles. The van der Waals surface area contributed by atoms with Crippen LogP contribution in [0.1, 0.15) is 23.7 Å². The molecular formula is C12H14IN3S. The molecule has 3 N–H and O–H groups in total. The summed E-state index contributed by atoms with van der Waals surface area (Å²) in [7, 11) is 0. The number of hydrogen-bond acceptors (Lipinski definition) is 4. The van der Waals surface area contributed by atoms with Crippen molar-refractivity contribution in [2.45, 2.75) is 19.9 Å². The molecule has 1 heterocycles. The highest BCUT2D eigenvalue weighted by Gasteiger charge is 2.10. The molecular weight excluding hydrogens is 345 g/mol. The van der Waals surface area contributed by atoms with Crippen molar-refractivity contribution in [2.24, 2.45) is 0 Å². The smallest absolute Gasteiger partial charge is 0.115 e. The van der Waals surface area contributed by atoms with Gasteiger partial charge in [0, 0.05) is 26.0 Å². The fraction of sp³-hybridized carbons (Fsp3) is 0.250. The lowest BCUT2D eigenvalue weighted by molar-refractivity contribution is 0.863. The van der Waals surface area contributed by atoms with Crippen molar-refractivity contribution in [3.8, 4) is 0 Å². The fourth-order valence-electron chi connectivity index (χ4n) is 1.51. The van der Waals surface area contributed by atoms with Gasteiger partial charge in [0.25, 0.3) is 0 Å². The Morgan fingerprint density at radius 2 is 2.24 bits per heavy atom. The highest BCUT2D eigenvalue weighted by molar-refractivity contribution is 14.1. The van der Waals surface area contributed by atoms with Gasteiger partial charge in [-0.05, 0) is 54.6 Å². The Labute approximate surface area is 119 Å². The number of aromatic nitrogens is 1. The molecule has 0 bridgehead atoms. The average molecular weight is 359 g/mol. The topological polar surface area (TPSA) is 50.9 Å². The Bertz CT molecular complexity index is 524. The molecule has 0 aliphatic carbocycles. The first kappa shape index (κ1) is 12.6. The summed E-state index contributed by atoms with van der Waals surface area (Å²) in [5.41, 5.74) is 8.69. The monoisotopic (exact) mass is 359 g/mol. The molecule has 1 unspecified atom stereocenters. The molecule has 1 aromatic carbocycles. The van der Waals surface area contributed by atoms with Crippen LogP contribution in [0.4, 0.5) is 11.4 Å². The van der Waals surface area contributed by atoms with E-state index in [9.17, 15) is 0 Å². The zero-order valence-electron chi connectivity index (χ0n) is 9.70. The van der Waals surface area contributed by atoms with E-state index >= 15 is 0 Å². The van der Waals surface area contributed by atoms with Crippen LogP contribution >= 0.6 is 33.9 Å². The SMILES string of the molecule is Cc1csc(C(C)Nc2ccc(N)cc2I)n1. The van der Waals surface area contributed by atoms with E-state index in [4.69, 9.17) is 5.73 Å². The molecule has 1 aromatic heterocycles. The summed E-state index contributed by atoms with van der Waals surface area (Å²) in [6.07, 6.45) is 0. The number of hydrogen-bond donors (Lipinski definition) is 2. The average Bonchev–Trinajstić information content (AvgIpc) is 2.69. The highest BCUT2D eigenvalue weighted by atomic mass is 127. The van der Waals surface area contributed by atoms with Crippen molar-refractivity contribution < 1.29 is 0 Å². The van der Waals surface area contributed by atoms with Gasteiger partial charge in [-0.3, -0.25) is 0 Å². The lowest BCUT2D eigenvalue weighted by Crippen LogP contribution is -2.07. The van der Waals surface area contributed by atoms with Crippen molar-refractivity contribution in [2.75, 3.05) is 11.1 Å². The van der Waals surface area contributed by atoms with E-state index in [0.29, 0.717) is 0 Å². The van der Waals surface area contributed by atoms with Crippen molar-refractivity contribution in [3.63, 3.8) is 0 Å². The number of nitrogen functional groups attached to an aromatic ring is 1. The molecule has 3 nitrogen and oxygen atoms in total. The van der Waals surface area contributed by atoms with Gasteiger partial charge in [-0.1, -0.05) is 0 Å². The number of halogens is 1. The maximum atomic E-state index is 5.73. The Balaban J connectivity index is 2.15. The van der Waals surface area contributed by atoms with Gasteiger partial charge in [0.15, 0.2) is 0 Å². The summed E-state index contributed by atoms with van der Waals surface area (Å²) in [6, 6.07) is 6.09. The normalized spacial score (nSPS) is 12.4. The Kier molecular flexibility index (Phi) is 3.88. The van der Waals surface area contributed by atoms with E-state index in [2.05, 4.69) is 45.2 Å². The third-order valence-electron chi connectivity index (χ3n) is 2.37. The van der Waals surface area contributed by atoms with Crippen LogP contribution in [0, 0.1) is 10.5 Å². The van der Waals surface area contributed by atoms with Gasteiger partial charge in [-0.15, -0.1) is 11.3 Å². The number of benzene rings is 1. The summed E-state index contributed by atoms with van der Waals surface area (Å²) in [6.45, 7) is 4.13. The first-order chi connectivity index (χ1) is 8.06. The van der Waals surface area contributed by atoms with Crippen LogP contribution in [0.25, 0.3) is 0 Å². The minimum atomic E-state index is 0.214.